The van der Waals surface area contributed by atoms with Gasteiger partial charge in [0.1, 0.15) is 5.75 Å². The van der Waals surface area contributed by atoms with Gasteiger partial charge in [-0.3, -0.25) is 0 Å². The Kier molecular flexibility index (Phi) is 2.66. The number of hydrogen-bond acceptors (Lipinski definition) is 1. The average molecular weight is 152 g/mol. The van der Waals surface area contributed by atoms with Gasteiger partial charge in [0, 0.05) is 0 Å². The molecule has 0 N–H and O–H groups in total. The van der Waals surface area contributed by atoms with Crippen molar-refractivity contribution >= 4 is 6.08 Å². The lowest BCUT2D eigenvalue weighted by Gasteiger charge is -1.98. The van der Waals surface area contributed by atoms with E-state index < -0.39 is 0 Å². The molecule has 2 heteroatoms. The van der Waals surface area contributed by atoms with Crippen LogP contribution < -0.4 is 4.74 Å². The molecule has 0 heterocycles. The lowest BCUT2D eigenvalue weighted by molar-refractivity contribution is 0.414. The largest absolute Gasteiger partial charge is 0.497 e. The lowest BCUT2D eigenvalue weighted by Crippen LogP contribution is -1.81. The maximum Gasteiger partial charge on any atom is 0.119 e. The molecule has 0 unspecified atom stereocenters. The van der Waals surface area contributed by atoms with Crippen LogP contribution in [0.1, 0.15) is 5.56 Å². The Bertz CT molecular complexity index is 255. The summed E-state index contributed by atoms with van der Waals surface area (Å²) in [5.41, 5.74) is 0.798. The minimum Gasteiger partial charge on any atom is -0.497 e. The van der Waals surface area contributed by atoms with Crippen LogP contribution in [0.5, 0.6) is 5.75 Å². The first-order valence-electron chi connectivity index (χ1n) is 3.27. The first kappa shape index (κ1) is 7.79. The molecular formula is C9H9FO. The summed E-state index contributed by atoms with van der Waals surface area (Å²) < 4.78 is 16.6. The molecule has 0 aliphatic carbocycles. The first-order valence-corrected chi connectivity index (χ1v) is 3.27. The summed E-state index contributed by atoms with van der Waals surface area (Å²) in [6.45, 7) is 0. The van der Waals surface area contributed by atoms with Crippen molar-refractivity contribution in [3.63, 3.8) is 0 Å². The van der Waals surface area contributed by atoms with E-state index in [4.69, 9.17) is 4.74 Å². The van der Waals surface area contributed by atoms with Gasteiger partial charge in [-0.1, -0.05) is 12.1 Å². The Hall–Kier alpha value is -1.31. The third-order valence-corrected chi connectivity index (χ3v) is 1.35. The van der Waals surface area contributed by atoms with Crippen molar-refractivity contribution < 1.29 is 9.13 Å². The molecule has 0 amide bonds. The van der Waals surface area contributed by atoms with Crippen molar-refractivity contribution in [2.45, 2.75) is 0 Å². The highest BCUT2D eigenvalue weighted by molar-refractivity contribution is 5.50. The second kappa shape index (κ2) is 3.76. The molecule has 11 heavy (non-hydrogen) atoms. The van der Waals surface area contributed by atoms with Crippen molar-refractivity contribution in [1.29, 1.82) is 0 Å². The SMILES string of the molecule is COc1cccc(C=CF)c1. The third-order valence-electron chi connectivity index (χ3n) is 1.35. The molecule has 0 aliphatic heterocycles. The van der Waals surface area contributed by atoms with Crippen LogP contribution in [0.2, 0.25) is 0 Å². The van der Waals surface area contributed by atoms with Crippen LogP contribution in [0.3, 0.4) is 0 Å². The first-order chi connectivity index (χ1) is 5.36. The smallest absolute Gasteiger partial charge is 0.119 e. The standard InChI is InChI=1S/C9H9FO/c1-11-9-4-2-3-8(7-9)5-6-10/h2-7H,1H3. The van der Waals surface area contributed by atoms with Gasteiger partial charge in [-0.05, 0) is 23.8 Å². The molecule has 0 atom stereocenters. The number of hydrogen-bond donors (Lipinski definition) is 0. The Morgan fingerprint density at radius 3 is 2.91 bits per heavy atom. The molecule has 58 valence electrons. The van der Waals surface area contributed by atoms with Gasteiger partial charge in [-0.15, -0.1) is 0 Å². The predicted octanol–water partition coefficient (Wildman–Crippen LogP) is 2.64. The highest BCUT2D eigenvalue weighted by atomic mass is 19.1. The molecule has 1 nitrogen and oxygen atoms in total. The van der Waals surface area contributed by atoms with Crippen molar-refractivity contribution in [2.75, 3.05) is 7.11 Å². The molecule has 0 saturated heterocycles. The van der Waals surface area contributed by atoms with E-state index in [1.807, 2.05) is 12.1 Å². The number of rotatable bonds is 2. The molecule has 0 radical (unpaired) electrons. The van der Waals surface area contributed by atoms with Gasteiger partial charge in [0.15, 0.2) is 0 Å². The number of methoxy groups -OCH3 is 1. The summed E-state index contributed by atoms with van der Waals surface area (Å²) >= 11 is 0. The van der Waals surface area contributed by atoms with Crippen LogP contribution in [-0.4, -0.2) is 7.11 Å². The van der Waals surface area contributed by atoms with E-state index >= 15 is 0 Å². The second-order valence-corrected chi connectivity index (χ2v) is 2.07. The topological polar surface area (TPSA) is 9.23 Å². The van der Waals surface area contributed by atoms with Gasteiger partial charge in [0.2, 0.25) is 0 Å². The Morgan fingerprint density at radius 1 is 1.45 bits per heavy atom. The van der Waals surface area contributed by atoms with Crippen LogP contribution in [0, 0.1) is 0 Å². The van der Waals surface area contributed by atoms with Crippen LogP contribution in [0.4, 0.5) is 4.39 Å². The summed E-state index contributed by atoms with van der Waals surface area (Å²) in [5, 5.41) is 0. The fourth-order valence-corrected chi connectivity index (χ4v) is 0.818. The van der Waals surface area contributed by atoms with Gasteiger partial charge < -0.3 is 4.74 Å². The summed E-state index contributed by atoms with van der Waals surface area (Å²) in [6, 6.07) is 7.19. The van der Waals surface area contributed by atoms with Gasteiger partial charge in [-0.25, -0.2) is 4.39 Å². The molecule has 0 aromatic heterocycles. The number of halogens is 1. The van der Waals surface area contributed by atoms with E-state index in [1.54, 1.807) is 19.2 Å². The highest BCUT2D eigenvalue weighted by Gasteiger charge is 1.89. The monoisotopic (exact) mass is 152 g/mol. The molecule has 0 aliphatic rings. The van der Waals surface area contributed by atoms with E-state index in [0.29, 0.717) is 6.33 Å². The van der Waals surface area contributed by atoms with Crippen molar-refractivity contribution in [3.8, 4) is 5.75 Å². The van der Waals surface area contributed by atoms with Crippen molar-refractivity contribution in [3.05, 3.63) is 36.2 Å². The zero-order valence-corrected chi connectivity index (χ0v) is 6.25. The van der Waals surface area contributed by atoms with E-state index in [-0.39, 0.29) is 0 Å². The van der Waals surface area contributed by atoms with Gasteiger partial charge in [0.05, 0.1) is 13.4 Å². The Morgan fingerprint density at radius 2 is 2.27 bits per heavy atom. The summed E-state index contributed by atoms with van der Waals surface area (Å²) in [6.07, 6.45) is 1.89. The zero-order valence-electron chi connectivity index (χ0n) is 6.25. The fraction of sp³-hybridized carbons (Fsp3) is 0.111. The van der Waals surface area contributed by atoms with Crippen molar-refractivity contribution in [1.82, 2.24) is 0 Å². The van der Waals surface area contributed by atoms with E-state index in [1.165, 1.54) is 6.08 Å². The molecule has 1 aromatic rings. The number of benzene rings is 1. The molecule has 1 rings (SSSR count). The highest BCUT2D eigenvalue weighted by Crippen LogP contribution is 2.13. The number of ether oxygens (including phenoxy) is 1. The molecule has 0 fully saturated rings. The Balaban J connectivity index is 2.91. The third kappa shape index (κ3) is 2.08. The summed E-state index contributed by atoms with van der Waals surface area (Å²) in [5.74, 6) is 0.737. The average Bonchev–Trinajstić information content (AvgIpc) is 2.06. The zero-order chi connectivity index (χ0) is 8.10. The normalized spacial score (nSPS) is 10.4. The maximum absolute atomic E-state index is 11.7. The minimum atomic E-state index is 0.509. The van der Waals surface area contributed by atoms with Crippen molar-refractivity contribution in [2.24, 2.45) is 0 Å². The molecular weight excluding hydrogens is 143 g/mol. The lowest BCUT2D eigenvalue weighted by atomic mass is 10.2. The van der Waals surface area contributed by atoms with Gasteiger partial charge in [0.25, 0.3) is 0 Å². The van der Waals surface area contributed by atoms with Crippen LogP contribution in [-0.2, 0) is 0 Å². The molecule has 0 bridgehead atoms. The quantitative estimate of drug-likeness (QED) is 0.633. The molecule has 0 spiro atoms. The molecule has 0 saturated carbocycles. The van der Waals surface area contributed by atoms with Crippen LogP contribution in [0.15, 0.2) is 30.6 Å². The second-order valence-electron chi connectivity index (χ2n) is 2.07. The van der Waals surface area contributed by atoms with Gasteiger partial charge in [-0.2, -0.15) is 0 Å². The molecule has 1 aromatic carbocycles. The summed E-state index contributed by atoms with van der Waals surface area (Å²) in [4.78, 5) is 0. The fourth-order valence-electron chi connectivity index (χ4n) is 0.818. The van der Waals surface area contributed by atoms with E-state index in [9.17, 15) is 4.39 Å². The van der Waals surface area contributed by atoms with E-state index in [0.717, 1.165) is 11.3 Å². The minimum absolute atomic E-state index is 0.509. The van der Waals surface area contributed by atoms with Crippen LogP contribution in [0.25, 0.3) is 6.08 Å². The Labute approximate surface area is 65.1 Å². The van der Waals surface area contributed by atoms with E-state index in [2.05, 4.69) is 0 Å². The van der Waals surface area contributed by atoms with Crippen LogP contribution >= 0.6 is 0 Å². The summed E-state index contributed by atoms with van der Waals surface area (Å²) in [7, 11) is 1.58. The predicted molar refractivity (Wildman–Crippen MR) is 43.1 cm³/mol. The maximum atomic E-state index is 11.7. The van der Waals surface area contributed by atoms with Gasteiger partial charge >= 0.3 is 0 Å².